The number of hydrogen-bond acceptors (Lipinski definition) is 3. The maximum absolute atomic E-state index is 9.13. The molecule has 2 aliphatic carbocycles. The molecule has 2 unspecified atom stereocenters. The topological polar surface area (TPSA) is 41.5 Å². The number of methoxy groups -OCH3 is 1. The summed E-state index contributed by atoms with van der Waals surface area (Å²) in [6.45, 7) is 0.377. The highest BCUT2D eigenvalue weighted by molar-refractivity contribution is 4.84. The predicted octanol–water partition coefficient (Wildman–Crippen LogP) is 2.08. The Morgan fingerprint density at radius 1 is 1.06 bits per heavy atom. The number of ether oxygens (including phenoxy) is 1. The molecule has 0 bridgehead atoms. The van der Waals surface area contributed by atoms with Crippen LogP contribution in [0, 0.1) is 5.92 Å². The molecule has 0 amide bonds. The SMILES string of the molecule is COC1CCCC(NC2CCC(CO)CC2)C1. The van der Waals surface area contributed by atoms with Crippen molar-refractivity contribution in [2.45, 2.75) is 69.6 Å². The summed E-state index contributed by atoms with van der Waals surface area (Å²) in [5.74, 6) is 0.561. The van der Waals surface area contributed by atoms with Crippen LogP contribution in [0.15, 0.2) is 0 Å². The first-order chi connectivity index (χ1) is 8.31. The fraction of sp³-hybridized carbons (Fsp3) is 1.00. The highest BCUT2D eigenvalue weighted by Crippen LogP contribution is 2.26. The lowest BCUT2D eigenvalue weighted by Gasteiger charge is -2.35. The lowest BCUT2D eigenvalue weighted by Crippen LogP contribution is -2.44. The molecule has 3 nitrogen and oxygen atoms in total. The van der Waals surface area contributed by atoms with E-state index in [-0.39, 0.29) is 0 Å². The second-order valence-corrected chi connectivity index (χ2v) is 5.79. The van der Waals surface area contributed by atoms with Crippen LogP contribution in [-0.4, -0.2) is 37.0 Å². The zero-order chi connectivity index (χ0) is 12.1. The Morgan fingerprint density at radius 3 is 2.47 bits per heavy atom. The molecule has 0 aromatic heterocycles. The van der Waals surface area contributed by atoms with Crippen LogP contribution in [0.3, 0.4) is 0 Å². The quantitative estimate of drug-likeness (QED) is 0.792. The minimum absolute atomic E-state index is 0.377. The van der Waals surface area contributed by atoms with Gasteiger partial charge in [0.2, 0.25) is 0 Å². The minimum Gasteiger partial charge on any atom is -0.396 e. The fourth-order valence-electron chi connectivity index (χ4n) is 3.36. The van der Waals surface area contributed by atoms with Crippen molar-refractivity contribution in [3.8, 4) is 0 Å². The number of hydrogen-bond donors (Lipinski definition) is 2. The minimum atomic E-state index is 0.377. The van der Waals surface area contributed by atoms with E-state index in [4.69, 9.17) is 9.84 Å². The van der Waals surface area contributed by atoms with Crippen LogP contribution < -0.4 is 5.32 Å². The van der Waals surface area contributed by atoms with Crippen molar-refractivity contribution >= 4 is 0 Å². The van der Waals surface area contributed by atoms with Crippen LogP contribution in [-0.2, 0) is 4.74 Å². The van der Waals surface area contributed by atoms with E-state index in [1.807, 2.05) is 7.11 Å². The van der Waals surface area contributed by atoms with Crippen molar-refractivity contribution in [2.75, 3.05) is 13.7 Å². The van der Waals surface area contributed by atoms with Crippen molar-refractivity contribution in [3.05, 3.63) is 0 Å². The van der Waals surface area contributed by atoms with Gasteiger partial charge in [-0.25, -0.2) is 0 Å². The van der Waals surface area contributed by atoms with E-state index >= 15 is 0 Å². The Bertz CT molecular complexity index is 214. The predicted molar refractivity (Wildman–Crippen MR) is 69.0 cm³/mol. The second-order valence-electron chi connectivity index (χ2n) is 5.79. The van der Waals surface area contributed by atoms with Gasteiger partial charge in [-0.05, 0) is 57.3 Å². The third kappa shape index (κ3) is 3.94. The monoisotopic (exact) mass is 241 g/mol. The number of aliphatic hydroxyl groups excluding tert-OH is 1. The molecule has 2 atom stereocenters. The molecule has 2 fully saturated rings. The van der Waals surface area contributed by atoms with Gasteiger partial charge in [-0.3, -0.25) is 0 Å². The van der Waals surface area contributed by atoms with Crippen molar-refractivity contribution < 1.29 is 9.84 Å². The summed E-state index contributed by atoms with van der Waals surface area (Å²) in [7, 11) is 1.83. The standard InChI is InChI=1S/C14H27NO2/c1-17-14-4-2-3-13(9-14)15-12-7-5-11(10-16)6-8-12/h11-16H,2-10H2,1H3. The Kier molecular flexibility index (Phi) is 5.26. The Balaban J connectivity index is 1.70. The smallest absolute Gasteiger partial charge is 0.0586 e. The van der Waals surface area contributed by atoms with Crippen LogP contribution in [0.5, 0.6) is 0 Å². The van der Waals surface area contributed by atoms with Crippen LogP contribution in [0.1, 0.15) is 51.4 Å². The molecular weight excluding hydrogens is 214 g/mol. The van der Waals surface area contributed by atoms with Crippen LogP contribution in [0.2, 0.25) is 0 Å². The molecule has 2 saturated carbocycles. The first-order valence-corrected chi connectivity index (χ1v) is 7.21. The average molecular weight is 241 g/mol. The lowest BCUT2D eigenvalue weighted by molar-refractivity contribution is 0.0548. The molecule has 2 N–H and O–H groups in total. The van der Waals surface area contributed by atoms with Gasteiger partial charge in [-0.2, -0.15) is 0 Å². The zero-order valence-corrected chi connectivity index (χ0v) is 11.0. The number of aliphatic hydroxyl groups is 1. The van der Waals surface area contributed by atoms with Crippen LogP contribution in [0.25, 0.3) is 0 Å². The molecule has 2 rings (SSSR count). The van der Waals surface area contributed by atoms with E-state index in [1.165, 1.54) is 51.4 Å². The summed E-state index contributed by atoms with van der Waals surface area (Å²) in [4.78, 5) is 0. The maximum atomic E-state index is 9.13. The summed E-state index contributed by atoms with van der Waals surface area (Å²) in [5.41, 5.74) is 0. The largest absolute Gasteiger partial charge is 0.396 e. The normalized spacial score (nSPS) is 39.2. The highest BCUT2D eigenvalue weighted by Gasteiger charge is 2.26. The average Bonchev–Trinajstić information content (AvgIpc) is 2.40. The van der Waals surface area contributed by atoms with E-state index in [0.717, 1.165) is 0 Å². The van der Waals surface area contributed by atoms with Gasteiger partial charge in [0.25, 0.3) is 0 Å². The van der Waals surface area contributed by atoms with Gasteiger partial charge in [-0.15, -0.1) is 0 Å². The molecule has 0 saturated heterocycles. The van der Waals surface area contributed by atoms with Gasteiger partial charge in [0.15, 0.2) is 0 Å². The van der Waals surface area contributed by atoms with E-state index in [0.29, 0.717) is 30.7 Å². The number of rotatable bonds is 4. The molecule has 0 heterocycles. The summed E-state index contributed by atoms with van der Waals surface area (Å²) < 4.78 is 5.47. The van der Waals surface area contributed by atoms with Gasteiger partial charge in [0.1, 0.15) is 0 Å². The maximum Gasteiger partial charge on any atom is 0.0586 e. The fourth-order valence-corrected chi connectivity index (χ4v) is 3.36. The summed E-state index contributed by atoms with van der Waals surface area (Å²) in [6, 6.07) is 1.34. The molecule has 17 heavy (non-hydrogen) atoms. The molecule has 2 aliphatic rings. The second kappa shape index (κ2) is 6.72. The Morgan fingerprint density at radius 2 is 1.82 bits per heavy atom. The van der Waals surface area contributed by atoms with Gasteiger partial charge in [0.05, 0.1) is 6.10 Å². The van der Waals surface area contributed by atoms with Gasteiger partial charge in [0, 0.05) is 25.8 Å². The van der Waals surface area contributed by atoms with E-state index in [1.54, 1.807) is 0 Å². The van der Waals surface area contributed by atoms with E-state index in [9.17, 15) is 0 Å². The summed E-state index contributed by atoms with van der Waals surface area (Å²) in [6.07, 6.45) is 10.3. The molecule has 0 spiro atoms. The lowest BCUT2D eigenvalue weighted by atomic mass is 9.85. The van der Waals surface area contributed by atoms with E-state index < -0.39 is 0 Å². The van der Waals surface area contributed by atoms with Crippen molar-refractivity contribution in [1.82, 2.24) is 5.32 Å². The molecular formula is C14H27NO2. The Labute approximate surface area is 105 Å². The van der Waals surface area contributed by atoms with Crippen molar-refractivity contribution in [1.29, 1.82) is 0 Å². The van der Waals surface area contributed by atoms with Gasteiger partial charge >= 0.3 is 0 Å². The highest BCUT2D eigenvalue weighted by atomic mass is 16.5. The summed E-state index contributed by atoms with van der Waals surface area (Å²) >= 11 is 0. The van der Waals surface area contributed by atoms with Crippen molar-refractivity contribution in [3.63, 3.8) is 0 Å². The molecule has 0 aromatic rings. The summed E-state index contributed by atoms with van der Waals surface area (Å²) in [5, 5.41) is 12.9. The third-order valence-electron chi connectivity index (χ3n) is 4.54. The van der Waals surface area contributed by atoms with Crippen LogP contribution >= 0.6 is 0 Å². The molecule has 0 aliphatic heterocycles. The van der Waals surface area contributed by atoms with Crippen molar-refractivity contribution in [2.24, 2.45) is 5.92 Å². The molecule has 100 valence electrons. The van der Waals surface area contributed by atoms with E-state index in [2.05, 4.69) is 5.32 Å². The molecule has 0 radical (unpaired) electrons. The third-order valence-corrected chi connectivity index (χ3v) is 4.54. The first kappa shape index (κ1) is 13.3. The zero-order valence-electron chi connectivity index (χ0n) is 11.0. The number of nitrogens with one attached hydrogen (secondary N) is 1. The van der Waals surface area contributed by atoms with Gasteiger partial charge in [-0.1, -0.05) is 0 Å². The molecule has 0 aromatic carbocycles. The Hall–Kier alpha value is -0.120. The van der Waals surface area contributed by atoms with Gasteiger partial charge < -0.3 is 15.2 Å². The van der Waals surface area contributed by atoms with Crippen LogP contribution in [0.4, 0.5) is 0 Å². The molecule has 3 heteroatoms. The first-order valence-electron chi connectivity index (χ1n) is 7.21.